The normalized spacial score (nSPS) is 13.4. The molecule has 0 saturated carbocycles. The van der Waals surface area contributed by atoms with Crippen molar-refractivity contribution in [3.8, 4) is 17.0 Å². The number of carbonyl (C=O) groups excluding carboxylic acids is 1. The molecule has 16 heteroatoms. The fraction of sp³-hybridized carbons (Fsp3) is 0.212. The third-order valence-electron chi connectivity index (χ3n) is 7.58. The van der Waals surface area contributed by atoms with Crippen LogP contribution in [0.1, 0.15) is 0 Å². The highest BCUT2D eigenvalue weighted by atomic mass is 33.1. The van der Waals surface area contributed by atoms with Crippen LogP contribution in [0.3, 0.4) is 0 Å². The van der Waals surface area contributed by atoms with E-state index in [0.717, 1.165) is 33.7 Å². The van der Waals surface area contributed by atoms with Crippen LogP contribution in [0.2, 0.25) is 0 Å². The van der Waals surface area contributed by atoms with Crippen molar-refractivity contribution in [2.24, 2.45) is 0 Å². The van der Waals surface area contributed by atoms with Crippen LogP contribution >= 0.6 is 21.6 Å². The summed E-state index contributed by atoms with van der Waals surface area (Å²) in [7, 11) is -0.00220. The molecule has 6 rings (SSSR count). The largest absolute Gasteiger partial charge is 0.480 e. The minimum Gasteiger partial charge on any atom is -0.480 e. The third kappa shape index (κ3) is 8.14. The van der Waals surface area contributed by atoms with Crippen LogP contribution in [0.25, 0.3) is 22.0 Å². The van der Waals surface area contributed by atoms with Crippen molar-refractivity contribution in [2.45, 2.75) is 9.92 Å². The second-order valence-electron chi connectivity index (χ2n) is 10.7. The van der Waals surface area contributed by atoms with Crippen molar-refractivity contribution in [3.05, 3.63) is 97.0 Å². The number of nitrogens with zero attached hydrogens (tertiary/aromatic N) is 5. The first-order valence-electron chi connectivity index (χ1n) is 15.0. The summed E-state index contributed by atoms with van der Waals surface area (Å²) in [4.78, 5) is 28.9. The summed E-state index contributed by atoms with van der Waals surface area (Å²) >= 11 is 0. The zero-order valence-corrected chi connectivity index (χ0v) is 28.5. The Balaban J connectivity index is 1.13. The lowest BCUT2D eigenvalue weighted by Crippen LogP contribution is -2.49. The van der Waals surface area contributed by atoms with Crippen molar-refractivity contribution < 1.29 is 31.5 Å². The summed E-state index contributed by atoms with van der Waals surface area (Å²) in [6.07, 6.45) is 4.66. The molecule has 0 spiro atoms. The number of methoxy groups -OCH3 is 1. The minimum absolute atomic E-state index is 0.0243. The number of ether oxygens (including phenoxy) is 2. The smallest absolute Gasteiger partial charge is 0.409 e. The molecule has 0 aliphatic carbocycles. The predicted molar refractivity (Wildman–Crippen MR) is 186 cm³/mol. The monoisotopic (exact) mass is 724 g/mol. The third-order valence-corrected chi connectivity index (χ3v) is 11.2. The number of hydrogen-bond acceptors (Lipinski definition) is 11. The van der Waals surface area contributed by atoms with Gasteiger partial charge >= 0.3 is 6.09 Å². The first-order chi connectivity index (χ1) is 23.7. The second kappa shape index (κ2) is 15.3. The lowest BCUT2D eigenvalue weighted by Gasteiger charge is -2.36. The molecule has 1 aliphatic rings. The van der Waals surface area contributed by atoms with E-state index in [1.165, 1.54) is 30.2 Å². The number of sulfonamides is 1. The van der Waals surface area contributed by atoms with Gasteiger partial charge in [0.15, 0.2) is 0 Å². The van der Waals surface area contributed by atoms with Crippen LogP contribution in [0.5, 0.6) is 5.88 Å². The number of piperazine rings is 1. The lowest BCUT2D eigenvalue weighted by molar-refractivity contribution is 0.106. The number of aromatic nitrogens is 3. The Labute approximate surface area is 289 Å². The molecule has 0 bridgehead atoms. The van der Waals surface area contributed by atoms with Gasteiger partial charge < -0.3 is 19.3 Å². The van der Waals surface area contributed by atoms with E-state index in [1.807, 2.05) is 42.5 Å². The number of halogens is 2. The minimum atomic E-state index is -4.45. The molecule has 1 aliphatic heterocycles. The van der Waals surface area contributed by atoms with Crippen LogP contribution in [0.15, 0.2) is 95.2 Å². The topological polar surface area (TPSA) is 127 Å². The second-order valence-corrected chi connectivity index (χ2v) is 14.8. The van der Waals surface area contributed by atoms with E-state index in [1.54, 1.807) is 28.1 Å². The van der Waals surface area contributed by atoms with E-state index in [2.05, 4.69) is 24.6 Å². The average Bonchev–Trinajstić information content (AvgIpc) is 3.11. The predicted octanol–water partition coefficient (Wildman–Crippen LogP) is 6.48. The molecular formula is C33H30F2N6O5S3. The molecule has 1 amide bonds. The van der Waals surface area contributed by atoms with Crippen LogP contribution in [0.4, 0.5) is 25.0 Å². The van der Waals surface area contributed by atoms with Gasteiger partial charge in [0.1, 0.15) is 33.9 Å². The molecule has 0 radical (unpaired) electrons. The quantitative estimate of drug-likeness (QED) is 0.119. The Kier molecular flexibility index (Phi) is 10.7. The Morgan fingerprint density at radius 3 is 2.53 bits per heavy atom. The molecule has 11 nitrogen and oxygen atoms in total. The molecular weight excluding hydrogens is 695 g/mol. The molecule has 1 saturated heterocycles. The molecule has 4 heterocycles. The number of carbonyl (C=O) groups is 1. The highest BCUT2D eigenvalue weighted by Crippen LogP contribution is 2.34. The van der Waals surface area contributed by atoms with Crippen molar-refractivity contribution in [3.63, 3.8) is 0 Å². The SMILES string of the molecule is COc1ncc(-c2ccc3nccc(N4CCN(C(=O)OCCSSc5ccccn5)CC4)c3c2)cc1NS(=O)(=O)c1ccc(F)cc1F. The summed E-state index contributed by atoms with van der Waals surface area (Å²) in [6.45, 7) is 2.43. The van der Waals surface area contributed by atoms with Crippen molar-refractivity contribution in [1.82, 2.24) is 19.9 Å². The van der Waals surface area contributed by atoms with Crippen LogP contribution in [-0.2, 0) is 14.8 Å². The summed E-state index contributed by atoms with van der Waals surface area (Å²) in [5.74, 6) is -1.52. The number of rotatable bonds is 11. The molecule has 1 fully saturated rings. The van der Waals surface area contributed by atoms with Crippen molar-refractivity contribution >= 4 is 60.0 Å². The van der Waals surface area contributed by atoms with Crippen LogP contribution in [-0.4, -0.2) is 80.0 Å². The van der Waals surface area contributed by atoms with Crippen LogP contribution in [0, 0.1) is 11.6 Å². The van der Waals surface area contributed by atoms with E-state index in [4.69, 9.17) is 9.47 Å². The summed E-state index contributed by atoms with van der Waals surface area (Å²) in [6, 6.07) is 17.0. The maximum absolute atomic E-state index is 14.4. The molecule has 3 aromatic heterocycles. The zero-order chi connectivity index (χ0) is 34.4. The van der Waals surface area contributed by atoms with Crippen molar-refractivity contribution in [2.75, 3.05) is 55.3 Å². The number of amides is 1. The highest BCUT2D eigenvalue weighted by Gasteiger charge is 2.25. The number of anilines is 2. The first kappa shape index (κ1) is 34.2. The molecule has 5 aromatic rings. The summed E-state index contributed by atoms with van der Waals surface area (Å²) in [5.41, 5.74) is 2.92. The fourth-order valence-corrected chi connectivity index (χ4v) is 8.02. The van der Waals surface area contributed by atoms with E-state index in [-0.39, 0.29) is 17.7 Å². The van der Waals surface area contributed by atoms with Crippen molar-refractivity contribution in [1.29, 1.82) is 0 Å². The van der Waals surface area contributed by atoms with Gasteiger partial charge in [-0.1, -0.05) is 22.9 Å². The zero-order valence-electron chi connectivity index (χ0n) is 26.1. The van der Waals surface area contributed by atoms with E-state index in [0.29, 0.717) is 55.7 Å². The Hall–Kier alpha value is -4.67. The summed E-state index contributed by atoms with van der Waals surface area (Å²) in [5, 5.41) is 1.75. The van der Waals surface area contributed by atoms with Gasteiger partial charge in [-0.2, -0.15) is 0 Å². The van der Waals surface area contributed by atoms with E-state index < -0.39 is 26.6 Å². The Morgan fingerprint density at radius 1 is 0.939 bits per heavy atom. The number of hydrogen-bond donors (Lipinski definition) is 1. The van der Waals surface area contributed by atoms with Gasteiger partial charge in [-0.05, 0) is 64.9 Å². The molecule has 0 atom stereocenters. The van der Waals surface area contributed by atoms with Gasteiger partial charge in [0, 0.05) is 73.2 Å². The maximum Gasteiger partial charge on any atom is 0.409 e. The Bertz CT molecular complexity index is 2070. The number of benzene rings is 2. The van der Waals surface area contributed by atoms with Gasteiger partial charge in [0.05, 0.1) is 12.6 Å². The summed E-state index contributed by atoms with van der Waals surface area (Å²) < 4.78 is 66.9. The lowest BCUT2D eigenvalue weighted by atomic mass is 10.0. The molecule has 0 unspecified atom stereocenters. The van der Waals surface area contributed by atoms with Gasteiger partial charge in [-0.25, -0.2) is 32.0 Å². The number of nitrogens with one attached hydrogen (secondary N) is 1. The van der Waals surface area contributed by atoms with Gasteiger partial charge in [0.25, 0.3) is 10.0 Å². The Morgan fingerprint density at radius 2 is 1.78 bits per heavy atom. The van der Waals surface area contributed by atoms with Gasteiger partial charge in [-0.3, -0.25) is 9.71 Å². The van der Waals surface area contributed by atoms with Gasteiger partial charge in [-0.15, -0.1) is 0 Å². The fourth-order valence-electron chi connectivity index (χ4n) is 5.21. The first-order valence-corrected chi connectivity index (χ1v) is 18.8. The molecule has 254 valence electrons. The average molecular weight is 725 g/mol. The highest BCUT2D eigenvalue weighted by molar-refractivity contribution is 8.76. The van der Waals surface area contributed by atoms with Crippen LogP contribution < -0.4 is 14.4 Å². The van der Waals surface area contributed by atoms with Gasteiger partial charge in [0.2, 0.25) is 5.88 Å². The molecule has 49 heavy (non-hydrogen) atoms. The molecule has 1 N–H and O–H groups in total. The number of pyridine rings is 3. The van der Waals surface area contributed by atoms with E-state index in [9.17, 15) is 22.0 Å². The molecule has 2 aromatic carbocycles. The maximum atomic E-state index is 14.4. The number of fused-ring (bicyclic) bond motifs is 1. The van der Waals surface area contributed by atoms with E-state index >= 15 is 0 Å². The standard InChI is InChI=1S/C33H30F2N6O5S3/c1-45-32-28(39-49(43,44)30-8-6-24(34)20-26(30)35)19-23(21-38-32)22-5-7-27-25(18-22)29(9-11-36-27)40-12-14-41(15-13-40)33(42)46-16-17-47-48-31-4-2-3-10-37-31/h2-11,18-21,39H,12-17H2,1H3.